The maximum Gasteiger partial charge on any atom is 0.265 e. The van der Waals surface area contributed by atoms with Crippen molar-refractivity contribution in [2.75, 3.05) is 12.4 Å². The summed E-state index contributed by atoms with van der Waals surface area (Å²) in [4.78, 5) is 25.5. The molecule has 148 valence electrons. The van der Waals surface area contributed by atoms with E-state index in [2.05, 4.69) is 5.32 Å². The van der Waals surface area contributed by atoms with Crippen LogP contribution >= 0.6 is 11.6 Å². The highest BCUT2D eigenvalue weighted by atomic mass is 35.5. The summed E-state index contributed by atoms with van der Waals surface area (Å²) in [6, 6.07) is 20.5. The molecule has 3 aromatic carbocycles. The molecular weight excluding hydrogens is 390 g/mol. The van der Waals surface area contributed by atoms with Gasteiger partial charge < -0.3 is 14.8 Å². The quantitative estimate of drug-likeness (QED) is 0.558. The Kier molecular flexibility index (Phi) is 6.52. The molecule has 3 aromatic rings. The highest BCUT2D eigenvalue weighted by Gasteiger charge is 2.20. The van der Waals surface area contributed by atoms with Gasteiger partial charge in [-0.05, 0) is 49.4 Å². The van der Waals surface area contributed by atoms with Crippen LogP contribution in [0.25, 0.3) is 0 Å². The summed E-state index contributed by atoms with van der Waals surface area (Å²) < 4.78 is 10.8. The molecule has 0 heterocycles. The molecule has 0 bridgehead atoms. The van der Waals surface area contributed by atoms with Crippen LogP contribution in [0.15, 0.2) is 72.8 Å². The van der Waals surface area contributed by atoms with Crippen molar-refractivity contribution in [1.29, 1.82) is 0 Å². The van der Waals surface area contributed by atoms with Gasteiger partial charge in [0.15, 0.2) is 11.9 Å². The number of hydrogen-bond acceptors (Lipinski definition) is 4. The lowest BCUT2D eigenvalue weighted by atomic mass is 10.0. The number of ether oxygens (including phenoxy) is 2. The van der Waals surface area contributed by atoms with Crippen molar-refractivity contribution >= 4 is 29.0 Å². The van der Waals surface area contributed by atoms with Gasteiger partial charge in [0, 0.05) is 16.1 Å². The summed E-state index contributed by atoms with van der Waals surface area (Å²) in [5.41, 5.74) is 1.19. The van der Waals surface area contributed by atoms with E-state index in [0.717, 1.165) is 0 Å². The van der Waals surface area contributed by atoms with E-state index in [0.29, 0.717) is 33.3 Å². The standard InChI is InChI=1S/C23H20ClNO4/c1-15(29-19-11-9-18(28-2)10-12-19)23(27)25-21-13-8-17(24)14-20(21)22(26)16-6-4-3-5-7-16/h3-15H,1-2H3,(H,25,27)/t15-/m0/s1. The predicted octanol–water partition coefficient (Wildman–Crippen LogP) is 4.99. The molecule has 5 nitrogen and oxygen atoms in total. The van der Waals surface area contributed by atoms with E-state index >= 15 is 0 Å². The number of rotatable bonds is 7. The molecule has 0 fully saturated rings. The van der Waals surface area contributed by atoms with Gasteiger partial charge in [-0.3, -0.25) is 9.59 Å². The van der Waals surface area contributed by atoms with E-state index < -0.39 is 6.10 Å². The van der Waals surface area contributed by atoms with E-state index in [9.17, 15) is 9.59 Å². The summed E-state index contributed by atoms with van der Waals surface area (Å²) in [5.74, 6) is 0.613. The fourth-order valence-electron chi connectivity index (χ4n) is 2.70. The fraction of sp³-hybridized carbons (Fsp3) is 0.130. The van der Waals surface area contributed by atoms with Crippen molar-refractivity contribution in [1.82, 2.24) is 0 Å². The van der Waals surface area contributed by atoms with E-state index in [1.54, 1.807) is 80.8 Å². The monoisotopic (exact) mass is 409 g/mol. The van der Waals surface area contributed by atoms with Crippen molar-refractivity contribution in [2.24, 2.45) is 0 Å². The highest BCUT2D eigenvalue weighted by molar-refractivity contribution is 6.31. The number of benzene rings is 3. The second-order valence-electron chi connectivity index (χ2n) is 6.31. The molecule has 0 radical (unpaired) electrons. The second kappa shape index (κ2) is 9.26. The maximum atomic E-state index is 12.9. The molecule has 1 amide bonds. The van der Waals surface area contributed by atoms with Crippen molar-refractivity contribution < 1.29 is 19.1 Å². The number of anilines is 1. The summed E-state index contributed by atoms with van der Waals surface area (Å²) in [5, 5.41) is 3.17. The zero-order valence-corrected chi connectivity index (χ0v) is 16.8. The van der Waals surface area contributed by atoms with Gasteiger partial charge in [0.2, 0.25) is 0 Å². The number of hydrogen-bond donors (Lipinski definition) is 1. The second-order valence-corrected chi connectivity index (χ2v) is 6.75. The van der Waals surface area contributed by atoms with Crippen molar-refractivity contribution in [2.45, 2.75) is 13.0 Å². The van der Waals surface area contributed by atoms with Crippen LogP contribution in [0.5, 0.6) is 11.5 Å². The fourth-order valence-corrected chi connectivity index (χ4v) is 2.88. The first-order valence-corrected chi connectivity index (χ1v) is 9.36. The van der Waals surface area contributed by atoms with E-state index in [-0.39, 0.29) is 11.7 Å². The zero-order valence-electron chi connectivity index (χ0n) is 16.0. The topological polar surface area (TPSA) is 64.6 Å². The van der Waals surface area contributed by atoms with Crippen LogP contribution in [0.2, 0.25) is 5.02 Å². The first-order chi connectivity index (χ1) is 14.0. The summed E-state index contributed by atoms with van der Waals surface area (Å²) >= 11 is 6.08. The third kappa shape index (κ3) is 5.15. The van der Waals surface area contributed by atoms with Crippen LogP contribution in [-0.4, -0.2) is 24.9 Å². The third-order valence-corrected chi connectivity index (χ3v) is 4.50. The van der Waals surface area contributed by atoms with E-state index in [1.807, 2.05) is 6.07 Å². The van der Waals surface area contributed by atoms with Gasteiger partial charge in [-0.2, -0.15) is 0 Å². The Morgan fingerprint density at radius 3 is 2.24 bits per heavy atom. The SMILES string of the molecule is COc1ccc(O[C@@H](C)C(=O)Nc2ccc(Cl)cc2C(=O)c2ccccc2)cc1. The minimum absolute atomic E-state index is 0.230. The molecule has 0 aromatic heterocycles. The lowest BCUT2D eigenvalue weighted by molar-refractivity contribution is -0.122. The van der Waals surface area contributed by atoms with Gasteiger partial charge >= 0.3 is 0 Å². The Morgan fingerprint density at radius 2 is 1.59 bits per heavy atom. The molecule has 1 atom stereocenters. The van der Waals surface area contributed by atoms with E-state index in [1.165, 1.54) is 0 Å². The number of amides is 1. The van der Waals surface area contributed by atoms with Crippen LogP contribution in [0.4, 0.5) is 5.69 Å². The molecule has 0 saturated carbocycles. The number of methoxy groups -OCH3 is 1. The molecule has 29 heavy (non-hydrogen) atoms. The largest absolute Gasteiger partial charge is 0.497 e. The van der Waals surface area contributed by atoms with Gasteiger partial charge in [0.05, 0.1) is 12.8 Å². The maximum absolute atomic E-state index is 12.9. The molecular formula is C23H20ClNO4. The summed E-state index contributed by atoms with van der Waals surface area (Å²) in [6.07, 6.45) is -0.779. The minimum Gasteiger partial charge on any atom is -0.497 e. The lowest BCUT2D eigenvalue weighted by Gasteiger charge is -2.17. The number of carbonyl (C=O) groups excluding carboxylic acids is 2. The Morgan fingerprint density at radius 1 is 0.931 bits per heavy atom. The van der Waals surface area contributed by atoms with Crippen LogP contribution in [0, 0.1) is 0 Å². The van der Waals surface area contributed by atoms with Gasteiger partial charge in [-0.15, -0.1) is 0 Å². The van der Waals surface area contributed by atoms with Gasteiger partial charge in [0.25, 0.3) is 5.91 Å². The zero-order chi connectivity index (χ0) is 20.8. The highest BCUT2D eigenvalue weighted by Crippen LogP contribution is 2.24. The average molecular weight is 410 g/mol. The summed E-state index contributed by atoms with van der Waals surface area (Å²) in [7, 11) is 1.58. The van der Waals surface area contributed by atoms with Gasteiger partial charge in [0.1, 0.15) is 11.5 Å². The van der Waals surface area contributed by atoms with Crippen LogP contribution < -0.4 is 14.8 Å². The lowest BCUT2D eigenvalue weighted by Crippen LogP contribution is -2.30. The Hall–Kier alpha value is -3.31. The van der Waals surface area contributed by atoms with Crippen LogP contribution in [0.3, 0.4) is 0 Å². The minimum atomic E-state index is -0.779. The average Bonchev–Trinajstić information content (AvgIpc) is 2.75. The van der Waals surface area contributed by atoms with Crippen LogP contribution in [-0.2, 0) is 4.79 Å². The van der Waals surface area contributed by atoms with E-state index in [4.69, 9.17) is 21.1 Å². The first kappa shape index (κ1) is 20.4. The Balaban J connectivity index is 1.76. The molecule has 3 rings (SSSR count). The Labute approximate surface area is 174 Å². The number of ketones is 1. The number of carbonyl (C=O) groups is 2. The first-order valence-electron chi connectivity index (χ1n) is 8.99. The smallest absolute Gasteiger partial charge is 0.265 e. The molecule has 0 saturated heterocycles. The summed E-state index contributed by atoms with van der Waals surface area (Å²) in [6.45, 7) is 1.63. The molecule has 1 N–H and O–H groups in total. The van der Waals surface area contributed by atoms with Crippen LogP contribution in [0.1, 0.15) is 22.8 Å². The molecule has 0 unspecified atom stereocenters. The number of halogens is 1. The van der Waals surface area contributed by atoms with Crippen molar-refractivity contribution in [3.05, 3.63) is 88.9 Å². The molecule has 0 aliphatic rings. The molecule has 6 heteroatoms. The molecule has 0 aliphatic carbocycles. The Bertz CT molecular complexity index is 1000. The molecule has 0 aliphatic heterocycles. The predicted molar refractivity (Wildman–Crippen MR) is 113 cm³/mol. The third-order valence-electron chi connectivity index (χ3n) is 4.26. The number of nitrogens with one attached hydrogen (secondary N) is 1. The molecule has 0 spiro atoms. The van der Waals surface area contributed by atoms with Crippen molar-refractivity contribution in [3.8, 4) is 11.5 Å². The normalized spacial score (nSPS) is 11.4. The van der Waals surface area contributed by atoms with Crippen molar-refractivity contribution in [3.63, 3.8) is 0 Å². The van der Waals surface area contributed by atoms with Gasteiger partial charge in [-0.1, -0.05) is 41.9 Å². The van der Waals surface area contributed by atoms with Gasteiger partial charge in [-0.25, -0.2) is 0 Å².